The fourth-order valence-electron chi connectivity index (χ4n) is 12.4. The van der Waals surface area contributed by atoms with Crippen LogP contribution in [-0.4, -0.2) is 59.0 Å². The van der Waals surface area contributed by atoms with Crippen molar-refractivity contribution in [2.24, 2.45) is 0 Å². The van der Waals surface area contributed by atoms with Crippen molar-refractivity contribution in [3.8, 4) is 0 Å². The van der Waals surface area contributed by atoms with E-state index < -0.39 is 44.8 Å². The summed E-state index contributed by atoms with van der Waals surface area (Å²) in [5.74, 6) is 2.27. The zero-order chi connectivity index (χ0) is 50.1. The maximum absolute atomic E-state index is 6.88. The summed E-state index contributed by atoms with van der Waals surface area (Å²) < 4.78 is 26.7. The Bertz CT molecular complexity index is 1490. The molecule has 0 N–H and O–H groups in total. The number of thiophene rings is 2. The summed E-state index contributed by atoms with van der Waals surface area (Å²) in [7, 11) is 1.61. The fraction of sp³-hybridized carbons (Fsp3) is 0.806. The third-order valence-corrected chi connectivity index (χ3v) is 61.2. The number of ether oxygens (including phenoxy) is 2. The molecule has 69 heavy (non-hydrogen) atoms. The molecule has 0 aliphatic carbocycles. The first-order valence-corrected chi connectivity index (χ1v) is 49.6. The van der Waals surface area contributed by atoms with Gasteiger partial charge in [0, 0.05) is 0 Å². The molecule has 1 aliphatic rings. The van der Waals surface area contributed by atoms with Gasteiger partial charge in [-0.1, -0.05) is 65.2 Å². The molecule has 0 atom stereocenters. The van der Waals surface area contributed by atoms with Crippen LogP contribution in [0, 0.1) is 0 Å². The van der Waals surface area contributed by atoms with E-state index >= 15 is 0 Å². The first-order valence-electron chi connectivity index (χ1n) is 30.6. The fourth-order valence-corrected chi connectivity index (χ4v) is 59.7. The van der Waals surface area contributed by atoms with Gasteiger partial charge in [-0.05, 0) is 0 Å². The van der Waals surface area contributed by atoms with Crippen LogP contribution in [-0.2, 0) is 9.47 Å². The van der Waals surface area contributed by atoms with E-state index in [1.807, 2.05) is 20.0 Å². The van der Waals surface area contributed by atoms with Crippen LogP contribution in [0.25, 0.3) is 10.4 Å². The molecular weight excluding hydrogens is 1110 g/mol. The van der Waals surface area contributed by atoms with E-state index in [1.54, 1.807) is 20.1 Å². The predicted octanol–water partition coefficient (Wildman–Crippen LogP) is 21.7. The molecule has 3 heterocycles. The van der Waals surface area contributed by atoms with Crippen LogP contribution in [0.3, 0.4) is 0 Å². The molecule has 2 aromatic heterocycles. The molecule has 0 saturated carbocycles. The van der Waals surface area contributed by atoms with Crippen LogP contribution in [0.2, 0.25) is 38.7 Å². The van der Waals surface area contributed by atoms with E-state index in [2.05, 4.69) is 102 Å². The second-order valence-electron chi connectivity index (χ2n) is 22.3. The maximum atomic E-state index is 6.88. The average molecular weight is 1220 g/mol. The Morgan fingerprint density at radius 3 is 0.826 bits per heavy atom. The normalized spacial score (nSPS) is 14.2. The topological polar surface area (TPSA) is 18.5 Å². The molecular formula is C62H114O2S2SiSn2. The second-order valence-corrected chi connectivity index (χ2v) is 56.9. The molecule has 2 aromatic rings. The van der Waals surface area contributed by atoms with Gasteiger partial charge in [-0.15, -0.1) is 0 Å². The molecule has 398 valence electrons. The van der Waals surface area contributed by atoms with Crippen LogP contribution in [0.5, 0.6) is 0 Å². The van der Waals surface area contributed by atoms with Crippen molar-refractivity contribution < 1.29 is 9.47 Å². The van der Waals surface area contributed by atoms with Gasteiger partial charge < -0.3 is 0 Å². The van der Waals surface area contributed by atoms with Crippen molar-refractivity contribution in [3.05, 3.63) is 45.5 Å². The number of methoxy groups -OCH3 is 2. The molecule has 0 saturated heterocycles. The number of unbranched alkanes of at least 4 members (excludes halogenated alkanes) is 24. The van der Waals surface area contributed by atoms with E-state index in [0.29, 0.717) is 0 Å². The quantitative estimate of drug-likeness (QED) is 0.0486. The molecule has 1 aliphatic heterocycles. The van der Waals surface area contributed by atoms with Crippen LogP contribution in [0.15, 0.2) is 35.8 Å². The van der Waals surface area contributed by atoms with E-state index in [0.717, 1.165) is 11.5 Å². The summed E-state index contributed by atoms with van der Waals surface area (Å²) in [6, 6.07) is 13.5. The van der Waals surface area contributed by atoms with Gasteiger partial charge in [0.05, 0.1) is 0 Å². The molecule has 0 fully saturated rings. The van der Waals surface area contributed by atoms with Gasteiger partial charge >= 0.3 is 387 Å². The minimum absolute atomic E-state index is 1.14. The summed E-state index contributed by atoms with van der Waals surface area (Å²) in [6.07, 6.45) is 44.4. The van der Waals surface area contributed by atoms with Crippen molar-refractivity contribution in [2.45, 2.75) is 300 Å². The van der Waals surface area contributed by atoms with Gasteiger partial charge in [0.2, 0.25) is 0 Å². The molecule has 0 unspecified atom stereocenters. The number of rotatable bonds is 46. The molecule has 7 heteroatoms. The van der Waals surface area contributed by atoms with E-state index in [9.17, 15) is 0 Å². The van der Waals surface area contributed by atoms with Gasteiger partial charge in [-0.3, -0.25) is 0 Å². The van der Waals surface area contributed by atoms with Crippen molar-refractivity contribution in [3.63, 3.8) is 0 Å². The standard InChI is InChI=1S/C38H60O2S2Si.6C4H9.2Sn/c1-5-7-9-11-13-15-17-19-21-23-31-43(32-24-22-20-18-16-14-12-10-8-6-2)37(33-27-25-29-41-33)35(39-3)36(40-4)38(43)34-28-26-30-42-34;6*1-3-4-2;;/h25-28H,5-24,31-32H2,1-4H3;6*1,3-4H2,2H3;;. The Labute approximate surface area is 448 Å². The van der Waals surface area contributed by atoms with Crippen molar-refractivity contribution in [1.82, 2.24) is 0 Å². The zero-order valence-electron chi connectivity index (χ0n) is 47.7. The van der Waals surface area contributed by atoms with E-state index in [4.69, 9.17) is 9.47 Å². The summed E-state index contributed by atoms with van der Waals surface area (Å²) in [6.45, 7) is 19.3. The molecule has 0 radical (unpaired) electrons. The van der Waals surface area contributed by atoms with Crippen LogP contribution >= 0.6 is 22.7 Å². The SMILES string of the molecule is CCCCCCCCCCCC[Si]1(CCCCCCCCCCCC)C(c2cc[c]([Sn]([CH2]CCC)([CH2]CCC)[CH2]CCC)s2)=C(OC)C(OC)=C1c1cc[c]([Sn]([CH2]CCC)([CH2]CCC)[CH2]CCC)s1. The first kappa shape index (κ1) is 63.6. The van der Waals surface area contributed by atoms with Crippen LogP contribution in [0.1, 0.15) is 271 Å². The Balaban J connectivity index is 2.26. The van der Waals surface area contributed by atoms with Gasteiger partial charge in [0.1, 0.15) is 0 Å². The third-order valence-electron chi connectivity index (χ3n) is 16.7. The van der Waals surface area contributed by atoms with Crippen LogP contribution in [0.4, 0.5) is 0 Å². The number of hydrogen-bond donors (Lipinski definition) is 0. The molecule has 2 nitrogen and oxygen atoms in total. The average Bonchev–Trinajstić information content (AvgIpc) is 4.13. The third kappa shape index (κ3) is 20.1. The molecule has 0 spiro atoms. The Hall–Kier alpha value is 0.294. The predicted molar refractivity (Wildman–Crippen MR) is 325 cm³/mol. The molecule has 3 rings (SSSR count). The summed E-state index contributed by atoms with van der Waals surface area (Å²) in [5, 5.41) is 3.32. The Morgan fingerprint density at radius 2 is 0.580 bits per heavy atom. The van der Waals surface area contributed by atoms with Crippen molar-refractivity contribution in [1.29, 1.82) is 0 Å². The van der Waals surface area contributed by atoms with Gasteiger partial charge in [-0.25, -0.2) is 0 Å². The van der Waals surface area contributed by atoms with Gasteiger partial charge in [-0.2, -0.15) is 0 Å². The van der Waals surface area contributed by atoms with Crippen molar-refractivity contribution >= 4 is 83.7 Å². The van der Waals surface area contributed by atoms with Gasteiger partial charge in [0.25, 0.3) is 0 Å². The summed E-state index contributed by atoms with van der Waals surface area (Å²) in [4.78, 5) is 3.17. The van der Waals surface area contributed by atoms with E-state index in [-0.39, 0.29) is 0 Å². The molecule has 0 amide bonds. The number of hydrogen-bond acceptors (Lipinski definition) is 4. The monoisotopic (exact) mass is 1220 g/mol. The first-order chi connectivity index (χ1) is 33.8. The Kier molecular flexibility index (Phi) is 35.0. The van der Waals surface area contributed by atoms with Crippen LogP contribution < -0.4 is 5.79 Å². The zero-order valence-corrected chi connectivity index (χ0v) is 56.1. The second kappa shape index (κ2) is 37.9. The van der Waals surface area contributed by atoms with E-state index in [1.165, 1.54) is 244 Å². The molecule has 0 bridgehead atoms. The summed E-state index contributed by atoms with van der Waals surface area (Å²) >= 11 is -0.767. The summed E-state index contributed by atoms with van der Waals surface area (Å²) in [5.41, 5.74) is 0. The van der Waals surface area contributed by atoms with Crippen molar-refractivity contribution in [2.75, 3.05) is 14.2 Å². The molecule has 0 aromatic carbocycles. The minimum atomic E-state index is -2.68. The Morgan fingerprint density at radius 1 is 0.333 bits per heavy atom. The van der Waals surface area contributed by atoms with Gasteiger partial charge in [0.15, 0.2) is 0 Å².